The fourth-order valence-corrected chi connectivity index (χ4v) is 3.39. The molecule has 0 saturated heterocycles. The Morgan fingerprint density at radius 2 is 1.81 bits per heavy atom. The van der Waals surface area contributed by atoms with Crippen LogP contribution in [0.25, 0.3) is 0 Å². The molecule has 140 valence electrons. The molecule has 27 heavy (non-hydrogen) atoms. The maximum Gasteiger partial charge on any atom is 0.417 e. The highest BCUT2D eigenvalue weighted by Gasteiger charge is 2.31. The molecule has 0 unspecified atom stereocenters. The summed E-state index contributed by atoms with van der Waals surface area (Å²) in [6.07, 6.45) is 0.124. The molecule has 0 radical (unpaired) electrons. The average Bonchev–Trinajstić information content (AvgIpc) is 3.09. The van der Waals surface area contributed by atoms with Crippen molar-refractivity contribution < 1.29 is 13.2 Å². The van der Waals surface area contributed by atoms with Gasteiger partial charge in [-0.05, 0) is 24.1 Å². The standard InChI is InChI=1S/C20H19F3N4/c21-20(22,23)16-6-7-19(24-12-16)26-11-9-18-17(13-26)25-14-27(18)10-8-15-4-2-1-3-5-15/h1-7,12,14H,8-11,13H2. The minimum atomic E-state index is -4.36. The number of pyridine rings is 1. The predicted molar refractivity (Wildman–Crippen MR) is 96.4 cm³/mol. The SMILES string of the molecule is FC(F)(F)c1ccc(N2CCc3c(ncn3CCc3ccccc3)C2)nc1. The maximum atomic E-state index is 12.7. The van der Waals surface area contributed by atoms with Crippen LogP contribution in [0.3, 0.4) is 0 Å². The number of benzene rings is 1. The lowest BCUT2D eigenvalue weighted by atomic mass is 10.1. The summed E-state index contributed by atoms with van der Waals surface area (Å²) in [5.74, 6) is 0.549. The van der Waals surface area contributed by atoms with Crippen molar-refractivity contribution in [3.05, 3.63) is 77.5 Å². The van der Waals surface area contributed by atoms with Crippen LogP contribution in [0.5, 0.6) is 0 Å². The van der Waals surface area contributed by atoms with Crippen LogP contribution in [0.4, 0.5) is 19.0 Å². The Morgan fingerprint density at radius 1 is 1.00 bits per heavy atom. The zero-order valence-corrected chi connectivity index (χ0v) is 14.7. The number of imidazole rings is 1. The van der Waals surface area contributed by atoms with E-state index in [2.05, 4.69) is 26.7 Å². The van der Waals surface area contributed by atoms with Crippen LogP contribution in [-0.4, -0.2) is 21.1 Å². The number of aryl methyl sites for hydroxylation is 2. The molecule has 0 saturated carbocycles. The summed E-state index contributed by atoms with van der Waals surface area (Å²) in [5, 5.41) is 0. The minimum absolute atomic E-state index is 0.549. The van der Waals surface area contributed by atoms with Crippen LogP contribution in [-0.2, 0) is 32.1 Å². The van der Waals surface area contributed by atoms with E-state index in [9.17, 15) is 13.2 Å². The normalized spacial score (nSPS) is 14.3. The fourth-order valence-electron chi connectivity index (χ4n) is 3.39. The van der Waals surface area contributed by atoms with Gasteiger partial charge in [-0.1, -0.05) is 30.3 Å². The quantitative estimate of drug-likeness (QED) is 0.691. The zero-order chi connectivity index (χ0) is 18.9. The molecule has 1 aliphatic rings. The summed E-state index contributed by atoms with van der Waals surface area (Å²) in [6.45, 7) is 2.14. The first-order valence-corrected chi connectivity index (χ1v) is 8.86. The van der Waals surface area contributed by atoms with Gasteiger partial charge >= 0.3 is 6.18 Å². The first-order chi connectivity index (χ1) is 13.0. The molecule has 0 bridgehead atoms. The first-order valence-electron chi connectivity index (χ1n) is 8.86. The molecule has 1 aromatic carbocycles. The van der Waals surface area contributed by atoms with Crippen molar-refractivity contribution in [3.8, 4) is 0 Å². The smallest absolute Gasteiger partial charge is 0.350 e. The van der Waals surface area contributed by atoms with Gasteiger partial charge in [0.15, 0.2) is 0 Å². The van der Waals surface area contributed by atoms with Crippen molar-refractivity contribution >= 4 is 5.82 Å². The van der Waals surface area contributed by atoms with Gasteiger partial charge in [-0.2, -0.15) is 13.2 Å². The number of anilines is 1. The van der Waals surface area contributed by atoms with E-state index in [4.69, 9.17) is 0 Å². The molecule has 4 nitrogen and oxygen atoms in total. The van der Waals surface area contributed by atoms with Crippen LogP contribution in [0.15, 0.2) is 55.0 Å². The third-order valence-corrected chi connectivity index (χ3v) is 4.88. The largest absolute Gasteiger partial charge is 0.417 e. The van der Waals surface area contributed by atoms with Crippen molar-refractivity contribution in [2.75, 3.05) is 11.4 Å². The Morgan fingerprint density at radius 3 is 2.52 bits per heavy atom. The molecular weight excluding hydrogens is 353 g/mol. The minimum Gasteiger partial charge on any atom is -0.350 e. The molecular formula is C20H19F3N4. The van der Waals surface area contributed by atoms with Gasteiger partial charge in [-0.25, -0.2) is 9.97 Å². The van der Waals surface area contributed by atoms with E-state index in [0.717, 1.165) is 37.3 Å². The average molecular weight is 372 g/mol. The molecule has 2 aromatic heterocycles. The number of hydrogen-bond donors (Lipinski definition) is 0. The van der Waals surface area contributed by atoms with Crippen LogP contribution in [0.1, 0.15) is 22.5 Å². The fraction of sp³-hybridized carbons (Fsp3) is 0.300. The van der Waals surface area contributed by atoms with Crippen molar-refractivity contribution in [3.63, 3.8) is 0 Å². The second-order valence-electron chi connectivity index (χ2n) is 6.64. The predicted octanol–water partition coefficient (Wildman–Crippen LogP) is 4.10. The van der Waals surface area contributed by atoms with E-state index in [1.165, 1.54) is 17.3 Å². The lowest BCUT2D eigenvalue weighted by Crippen LogP contribution is -2.32. The van der Waals surface area contributed by atoms with Crippen LogP contribution < -0.4 is 4.90 Å². The van der Waals surface area contributed by atoms with Crippen molar-refractivity contribution in [1.29, 1.82) is 0 Å². The van der Waals surface area contributed by atoms with E-state index >= 15 is 0 Å². The van der Waals surface area contributed by atoms with Gasteiger partial charge in [0.25, 0.3) is 0 Å². The number of aromatic nitrogens is 3. The van der Waals surface area contributed by atoms with Gasteiger partial charge in [0, 0.05) is 31.4 Å². The summed E-state index contributed by atoms with van der Waals surface area (Å²) in [5.41, 5.74) is 2.73. The topological polar surface area (TPSA) is 34.0 Å². The van der Waals surface area contributed by atoms with E-state index < -0.39 is 11.7 Å². The molecule has 0 spiro atoms. The zero-order valence-electron chi connectivity index (χ0n) is 14.7. The monoisotopic (exact) mass is 372 g/mol. The molecule has 3 heterocycles. The molecule has 0 amide bonds. The van der Waals surface area contributed by atoms with Gasteiger partial charge in [0.05, 0.1) is 24.1 Å². The Bertz CT molecular complexity index is 901. The van der Waals surface area contributed by atoms with Crippen molar-refractivity contribution in [1.82, 2.24) is 14.5 Å². The van der Waals surface area contributed by atoms with Gasteiger partial charge < -0.3 is 9.47 Å². The lowest BCUT2D eigenvalue weighted by molar-refractivity contribution is -0.137. The first kappa shape index (κ1) is 17.6. The number of halogens is 3. The van der Waals surface area contributed by atoms with Crippen LogP contribution in [0.2, 0.25) is 0 Å². The number of rotatable bonds is 4. The number of alkyl halides is 3. The molecule has 0 aliphatic carbocycles. The van der Waals surface area contributed by atoms with E-state index in [1.807, 2.05) is 29.4 Å². The number of fused-ring (bicyclic) bond motifs is 1. The van der Waals surface area contributed by atoms with Crippen molar-refractivity contribution in [2.45, 2.75) is 32.1 Å². The molecule has 0 N–H and O–H groups in total. The van der Waals surface area contributed by atoms with Gasteiger partial charge in [-0.15, -0.1) is 0 Å². The summed E-state index contributed by atoms with van der Waals surface area (Å²) in [7, 11) is 0. The summed E-state index contributed by atoms with van der Waals surface area (Å²) < 4.78 is 40.3. The van der Waals surface area contributed by atoms with Gasteiger partial charge in [0.1, 0.15) is 5.82 Å². The van der Waals surface area contributed by atoms with Crippen molar-refractivity contribution in [2.24, 2.45) is 0 Å². The molecule has 7 heteroatoms. The second kappa shape index (κ2) is 7.06. The maximum absolute atomic E-state index is 12.7. The third kappa shape index (κ3) is 3.82. The Hall–Kier alpha value is -2.83. The Kier molecular flexibility index (Phi) is 4.59. The van der Waals surface area contributed by atoms with E-state index in [0.29, 0.717) is 18.9 Å². The summed E-state index contributed by atoms with van der Waals surface area (Å²) >= 11 is 0. The molecule has 1 aliphatic heterocycles. The number of nitrogens with zero attached hydrogens (tertiary/aromatic N) is 4. The summed E-state index contributed by atoms with van der Waals surface area (Å²) in [4.78, 5) is 10.5. The van der Waals surface area contributed by atoms with E-state index in [-0.39, 0.29) is 0 Å². The lowest BCUT2D eigenvalue weighted by Gasteiger charge is -2.28. The van der Waals surface area contributed by atoms with Gasteiger partial charge in [0.2, 0.25) is 0 Å². The Labute approximate surface area is 155 Å². The second-order valence-corrected chi connectivity index (χ2v) is 6.64. The summed E-state index contributed by atoms with van der Waals surface area (Å²) in [6, 6.07) is 12.8. The molecule has 0 atom stereocenters. The highest BCUT2D eigenvalue weighted by atomic mass is 19.4. The highest BCUT2D eigenvalue weighted by Crippen LogP contribution is 2.30. The van der Waals surface area contributed by atoms with Crippen LogP contribution in [0, 0.1) is 0 Å². The molecule has 0 fully saturated rings. The van der Waals surface area contributed by atoms with E-state index in [1.54, 1.807) is 0 Å². The van der Waals surface area contributed by atoms with Gasteiger partial charge in [-0.3, -0.25) is 0 Å². The third-order valence-electron chi connectivity index (χ3n) is 4.88. The Balaban J connectivity index is 1.44. The highest BCUT2D eigenvalue weighted by molar-refractivity contribution is 5.42. The molecule has 4 rings (SSSR count). The number of hydrogen-bond acceptors (Lipinski definition) is 3. The van der Waals surface area contributed by atoms with Crippen LogP contribution >= 0.6 is 0 Å². The molecule has 3 aromatic rings.